The van der Waals surface area contributed by atoms with Crippen LogP contribution < -0.4 is 0 Å². The van der Waals surface area contributed by atoms with Crippen LogP contribution in [-0.4, -0.2) is 17.6 Å². The van der Waals surface area contributed by atoms with E-state index >= 15 is 0 Å². The molecule has 1 aromatic rings. The van der Waals surface area contributed by atoms with Gasteiger partial charge in [0.2, 0.25) is 0 Å². The lowest BCUT2D eigenvalue weighted by Gasteiger charge is -2.14. The van der Waals surface area contributed by atoms with Crippen molar-refractivity contribution < 1.29 is 31.5 Å². The Morgan fingerprint density at radius 1 is 1.47 bits per heavy atom. The highest BCUT2D eigenvalue weighted by atomic mass is 35.5. The van der Waals surface area contributed by atoms with Crippen molar-refractivity contribution in [2.24, 2.45) is 0 Å². The molecule has 0 aliphatic carbocycles. The highest BCUT2D eigenvalue weighted by Crippen LogP contribution is 2.39. The van der Waals surface area contributed by atoms with Gasteiger partial charge in [0.15, 0.2) is 5.69 Å². The van der Waals surface area contributed by atoms with Crippen LogP contribution in [0.25, 0.3) is 0 Å². The van der Waals surface area contributed by atoms with Crippen LogP contribution in [0.4, 0.5) is 22.0 Å². The first-order chi connectivity index (χ1) is 8.70. The van der Waals surface area contributed by atoms with E-state index in [2.05, 4.69) is 9.72 Å². The molecule has 1 rings (SSSR count). The molecule has 0 aliphatic heterocycles. The van der Waals surface area contributed by atoms with Gasteiger partial charge in [0, 0.05) is 6.20 Å². The first-order valence-electron chi connectivity index (χ1n) is 4.91. The average molecular weight is 304 g/mol. The van der Waals surface area contributed by atoms with Crippen LogP contribution in [-0.2, 0) is 10.9 Å². The summed E-state index contributed by atoms with van der Waals surface area (Å²) in [6.07, 6.45) is -8.15. The van der Waals surface area contributed by atoms with E-state index in [0.717, 1.165) is 0 Å². The standard InChI is InChI=1S/C10H7ClF5NO2/c1-2-19-9(18)4-3-17-7(10(14,15)16)5(6(4)11)8(12)13/h3,8H,2H2,1H3. The zero-order valence-electron chi connectivity index (χ0n) is 9.39. The lowest BCUT2D eigenvalue weighted by molar-refractivity contribution is -0.143. The maximum absolute atomic E-state index is 12.7. The van der Waals surface area contributed by atoms with Gasteiger partial charge in [-0.25, -0.2) is 13.6 Å². The van der Waals surface area contributed by atoms with Crippen LogP contribution in [0, 0.1) is 0 Å². The molecule has 0 radical (unpaired) electrons. The Kier molecular flexibility index (Phi) is 4.67. The van der Waals surface area contributed by atoms with Crippen molar-refractivity contribution in [3.8, 4) is 0 Å². The first-order valence-corrected chi connectivity index (χ1v) is 5.28. The van der Waals surface area contributed by atoms with Gasteiger partial charge in [0.05, 0.1) is 22.8 Å². The minimum Gasteiger partial charge on any atom is -0.462 e. The Balaban J connectivity index is 3.44. The molecule has 1 aromatic heterocycles. The zero-order chi connectivity index (χ0) is 14.8. The van der Waals surface area contributed by atoms with Crippen LogP contribution in [0.2, 0.25) is 5.02 Å². The summed E-state index contributed by atoms with van der Waals surface area (Å²) in [4.78, 5) is 14.2. The second kappa shape index (κ2) is 5.68. The minimum absolute atomic E-state index is 0.0831. The summed E-state index contributed by atoms with van der Waals surface area (Å²) in [6.45, 7) is 1.36. The van der Waals surface area contributed by atoms with Gasteiger partial charge in [-0.15, -0.1) is 0 Å². The van der Waals surface area contributed by atoms with E-state index in [4.69, 9.17) is 11.6 Å². The molecule has 0 unspecified atom stereocenters. The summed E-state index contributed by atoms with van der Waals surface area (Å²) in [5.41, 5.74) is -3.98. The van der Waals surface area contributed by atoms with Crippen molar-refractivity contribution in [1.82, 2.24) is 4.98 Å². The zero-order valence-corrected chi connectivity index (χ0v) is 10.1. The van der Waals surface area contributed by atoms with Crippen LogP contribution in [0.15, 0.2) is 6.20 Å². The van der Waals surface area contributed by atoms with Gasteiger partial charge in [-0.2, -0.15) is 13.2 Å². The van der Waals surface area contributed by atoms with Gasteiger partial charge in [-0.3, -0.25) is 4.98 Å². The molecular weight excluding hydrogens is 297 g/mol. The number of alkyl halides is 5. The third-order valence-corrected chi connectivity index (χ3v) is 2.44. The number of aromatic nitrogens is 1. The highest BCUT2D eigenvalue weighted by Gasteiger charge is 2.40. The molecule has 0 saturated heterocycles. The van der Waals surface area contributed by atoms with Crippen LogP contribution in [0.1, 0.15) is 35.0 Å². The van der Waals surface area contributed by atoms with E-state index in [1.807, 2.05) is 0 Å². The fourth-order valence-corrected chi connectivity index (χ4v) is 1.58. The first kappa shape index (κ1) is 15.6. The Morgan fingerprint density at radius 3 is 2.47 bits per heavy atom. The monoisotopic (exact) mass is 303 g/mol. The topological polar surface area (TPSA) is 39.2 Å². The van der Waals surface area contributed by atoms with Gasteiger partial charge in [-0.05, 0) is 6.92 Å². The predicted molar refractivity (Wildman–Crippen MR) is 55.2 cm³/mol. The molecule has 0 N–H and O–H groups in total. The van der Waals surface area contributed by atoms with E-state index in [0.29, 0.717) is 6.20 Å². The number of halogens is 6. The van der Waals surface area contributed by atoms with Crippen molar-refractivity contribution in [2.75, 3.05) is 6.61 Å². The second-order valence-electron chi connectivity index (χ2n) is 3.27. The molecule has 0 atom stereocenters. The lowest BCUT2D eigenvalue weighted by Crippen LogP contribution is -2.16. The van der Waals surface area contributed by atoms with Gasteiger partial charge in [0.25, 0.3) is 6.43 Å². The number of carbonyl (C=O) groups excluding carboxylic acids is 1. The molecule has 1 heterocycles. The third kappa shape index (κ3) is 3.31. The quantitative estimate of drug-likeness (QED) is 0.628. The number of hydrogen-bond acceptors (Lipinski definition) is 3. The molecule has 0 fully saturated rings. The van der Waals surface area contributed by atoms with Crippen molar-refractivity contribution in [2.45, 2.75) is 19.5 Å². The molecule has 0 spiro atoms. The normalized spacial score (nSPS) is 11.8. The van der Waals surface area contributed by atoms with Gasteiger partial charge >= 0.3 is 12.1 Å². The van der Waals surface area contributed by atoms with E-state index in [-0.39, 0.29) is 6.61 Å². The molecule has 0 bridgehead atoms. The molecule has 19 heavy (non-hydrogen) atoms. The fraction of sp³-hybridized carbons (Fsp3) is 0.400. The largest absolute Gasteiger partial charge is 0.462 e. The SMILES string of the molecule is CCOC(=O)c1cnc(C(F)(F)F)c(C(F)F)c1Cl. The van der Waals surface area contributed by atoms with Crippen LogP contribution in [0.5, 0.6) is 0 Å². The number of rotatable bonds is 3. The second-order valence-corrected chi connectivity index (χ2v) is 3.65. The Labute approximate surface area is 109 Å². The number of nitrogens with zero attached hydrogens (tertiary/aromatic N) is 1. The number of hydrogen-bond donors (Lipinski definition) is 0. The predicted octanol–water partition coefficient (Wildman–Crippen LogP) is 3.87. The molecular formula is C10H7ClF5NO2. The summed E-state index contributed by atoms with van der Waals surface area (Å²) >= 11 is 5.42. The maximum Gasteiger partial charge on any atom is 0.433 e. The lowest BCUT2D eigenvalue weighted by atomic mass is 10.1. The minimum atomic E-state index is -5.09. The molecule has 0 aromatic carbocycles. The Morgan fingerprint density at radius 2 is 2.05 bits per heavy atom. The molecule has 9 heteroatoms. The molecule has 0 amide bonds. The van der Waals surface area contributed by atoms with Crippen molar-refractivity contribution in [1.29, 1.82) is 0 Å². The van der Waals surface area contributed by atoms with Crippen LogP contribution in [0.3, 0.4) is 0 Å². The summed E-state index contributed by atoms with van der Waals surface area (Å²) in [6, 6.07) is 0. The highest BCUT2D eigenvalue weighted by molar-refractivity contribution is 6.34. The number of carbonyl (C=O) groups is 1. The van der Waals surface area contributed by atoms with E-state index in [1.165, 1.54) is 6.92 Å². The summed E-state index contributed by atoms with van der Waals surface area (Å²) in [5.74, 6) is -1.12. The number of esters is 1. The molecule has 0 saturated carbocycles. The van der Waals surface area contributed by atoms with Gasteiger partial charge in [-0.1, -0.05) is 11.6 Å². The van der Waals surface area contributed by atoms with Crippen molar-refractivity contribution in [3.05, 3.63) is 28.0 Å². The van der Waals surface area contributed by atoms with Gasteiger partial charge < -0.3 is 4.74 Å². The van der Waals surface area contributed by atoms with E-state index in [1.54, 1.807) is 0 Å². The Bertz CT molecular complexity index is 490. The summed E-state index contributed by atoms with van der Waals surface area (Å²) in [7, 11) is 0. The Hall–Kier alpha value is -1.44. The molecule has 0 aliphatic rings. The third-order valence-electron chi connectivity index (χ3n) is 2.03. The summed E-state index contributed by atoms with van der Waals surface area (Å²) < 4.78 is 67.3. The number of pyridine rings is 1. The molecule has 106 valence electrons. The average Bonchev–Trinajstić information content (AvgIpc) is 2.26. The van der Waals surface area contributed by atoms with Gasteiger partial charge in [0.1, 0.15) is 0 Å². The van der Waals surface area contributed by atoms with E-state index < -0.39 is 40.4 Å². The van der Waals surface area contributed by atoms with Crippen LogP contribution >= 0.6 is 11.6 Å². The molecule has 3 nitrogen and oxygen atoms in total. The van der Waals surface area contributed by atoms with E-state index in [9.17, 15) is 26.7 Å². The smallest absolute Gasteiger partial charge is 0.433 e. The number of ether oxygens (including phenoxy) is 1. The fourth-order valence-electron chi connectivity index (χ4n) is 1.28. The van der Waals surface area contributed by atoms with Crippen molar-refractivity contribution >= 4 is 17.6 Å². The summed E-state index contributed by atoms with van der Waals surface area (Å²) in [5, 5.41) is -1.00. The maximum atomic E-state index is 12.7. The van der Waals surface area contributed by atoms with Crippen molar-refractivity contribution in [3.63, 3.8) is 0 Å².